The van der Waals surface area contributed by atoms with Crippen LogP contribution in [0.2, 0.25) is 0 Å². The highest BCUT2D eigenvalue weighted by Crippen LogP contribution is 2.25. The van der Waals surface area contributed by atoms with Crippen LogP contribution in [0.15, 0.2) is 30.3 Å². The van der Waals surface area contributed by atoms with Crippen LogP contribution in [-0.2, 0) is 4.74 Å². The van der Waals surface area contributed by atoms with E-state index in [1.54, 1.807) is 0 Å². The summed E-state index contributed by atoms with van der Waals surface area (Å²) in [6.07, 6.45) is 4.65. The van der Waals surface area contributed by atoms with Crippen molar-refractivity contribution >= 4 is 0 Å². The SMILES string of the molecule is OC[C@H]1CC[C@@H](OCCOc2ccccc2)CC1. The van der Waals surface area contributed by atoms with Gasteiger partial charge in [0.2, 0.25) is 0 Å². The Morgan fingerprint density at radius 2 is 1.72 bits per heavy atom. The minimum Gasteiger partial charge on any atom is -0.491 e. The van der Waals surface area contributed by atoms with Gasteiger partial charge in [0.1, 0.15) is 12.4 Å². The lowest BCUT2D eigenvalue weighted by Gasteiger charge is -2.27. The molecule has 100 valence electrons. The van der Waals surface area contributed by atoms with Crippen molar-refractivity contribution in [1.82, 2.24) is 0 Å². The van der Waals surface area contributed by atoms with Gasteiger partial charge in [-0.2, -0.15) is 0 Å². The number of hydrogen-bond acceptors (Lipinski definition) is 3. The molecule has 0 radical (unpaired) electrons. The summed E-state index contributed by atoms with van der Waals surface area (Å²) >= 11 is 0. The molecule has 2 rings (SSSR count). The number of rotatable bonds is 6. The number of ether oxygens (including phenoxy) is 2. The number of para-hydroxylation sites is 1. The highest BCUT2D eigenvalue weighted by molar-refractivity contribution is 5.20. The van der Waals surface area contributed by atoms with Gasteiger partial charge in [0.05, 0.1) is 12.7 Å². The topological polar surface area (TPSA) is 38.7 Å². The van der Waals surface area contributed by atoms with Crippen LogP contribution in [0.5, 0.6) is 5.75 Å². The molecule has 0 aliphatic heterocycles. The summed E-state index contributed by atoms with van der Waals surface area (Å²) in [5.41, 5.74) is 0. The summed E-state index contributed by atoms with van der Waals surface area (Å²) in [5, 5.41) is 9.06. The zero-order valence-corrected chi connectivity index (χ0v) is 10.8. The lowest BCUT2D eigenvalue weighted by Crippen LogP contribution is -2.25. The molecular weight excluding hydrogens is 228 g/mol. The van der Waals surface area contributed by atoms with E-state index in [4.69, 9.17) is 14.6 Å². The van der Waals surface area contributed by atoms with E-state index in [0.717, 1.165) is 31.4 Å². The van der Waals surface area contributed by atoms with E-state index in [0.29, 0.717) is 31.8 Å². The van der Waals surface area contributed by atoms with Crippen molar-refractivity contribution in [2.24, 2.45) is 5.92 Å². The summed E-state index contributed by atoms with van der Waals surface area (Å²) in [6, 6.07) is 9.81. The fraction of sp³-hybridized carbons (Fsp3) is 0.600. The van der Waals surface area contributed by atoms with Crippen LogP contribution in [0.3, 0.4) is 0 Å². The fourth-order valence-corrected chi connectivity index (χ4v) is 2.37. The van der Waals surface area contributed by atoms with E-state index < -0.39 is 0 Å². The molecule has 0 saturated heterocycles. The van der Waals surface area contributed by atoms with E-state index in [9.17, 15) is 0 Å². The molecule has 1 aromatic carbocycles. The van der Waals surface area contributed by atoms with Gasteiger partial charge in [0.15, 0.2) is 0 Å². The molecule has 1 aliphatic rings. The zero-order chi connectivity index (χ0) is 12.6. The summed E-state index contributed by atoms with van der Waals surface area (Å²) in [7, 11) is 0. The minimum atomic E-state index is 0.323. The number of benzene rings is 1. The molecule has 18 heavy (non-hydrogen) atoms. The van der Waals surface area contributed by atoms with Crippen LogP contribution in [0, 0.1) is 5.92 Å². The Hall–Kier alpha value is -1.06. The maximum absolute atomic E-state index is 9.06. The molecule has 1 fully saturated rings. The van der Waals surface area contributed by atoms with E-state index in [2.05, 4.69) is 0 Å². The Morgan fingerprint density at radius 1 is 1.00 bits per heavy atom. The molecule has 1 saturated carbocycles. The van der Waals surface area contributed by atoms with Gasteiger partial charge in [0, 0.05) is 6.61 Å². The molecule has 1 aliphatic carbocycles. The smallest absolute Gasteiger partial charge is 0.119 e. The Kier molecular flexibility index (Phi) is 5.49. The molecule has 0 bridgehead atoms. The van der Waals surface area contributed by atoms with E-state index in [1.165, 1.54) is 0 Å². The monoisotopic (exact) mass is 250 g/mol. The van der Waals surface area contributed by atoms with Gasteiger partial charge in [-0.25, -0.2) is 0 Å². The molecule has 1 N–H and O–H groups in total. The van der Waals surface area contributed by atoms with Crippen LogP contribution in [-0.4, -0.2) is 31.0 Å². The Labute approximate surface area is 109 Å². The molecule has 0 unspecified atom stereocenters. The lowest BCUT2D eigenvalue weighted by molar-refractivity contribution is -0.00108. The molecule has 3 nitrogen and oxygen atoms in total. The largest absolute Gasteiger partial charge is 0.491 e. The third kappa shape index (κ3) is 4.31. The van der Waals surface area contributed by atoms with Crippen molar-refractivity contribution in [3.05, 3.63) is 30.3 Å². The standard InChI is InChI=1S/C15H22O3/c16-12-13-6-8-15(9-7-13)18-11-10-17-14-4-2-1-3-5-14/h1-5,13,15-16H,6-12H2/t13-,15+. The minimum absolute atomic E-state index is 0.323. The predicted octanol–water partition coefficient (Wildman–Crippen LogP) is 2.63. The zero-order valence-electron chi connectivity index (χ0n) is 10.8. The van der Waals surface area contributed by atoms with Crippen LogP contribution < -0.4 is 4.74 Å². The summed E-state index contributed by atoms with van der Waals surface area (Å²) in [6.45, 7) is 1.57. The number of aliphatic hydroxyl groups excluding tert-OH is 1. The second kappa shape index (κ2) is 7.39. The van der Waals surface area contributed by atoms with Gasteiger partial charge < -0.3 is 14.6 Å². The maximum atomic E-state index is 9.06. The van der Waals surface area contributed by atoms with E-state index in [-0.39, 0.29) is 0 Å². The van der Waals surface area contributed by atoms with Crippen LogP contribution >= 0.6 is 0 Å². The van der Waals surface area contributed by atoms with Crippen molar-refractivity contribution < 1.29 is 14.6 Å². The second-order valence-electron chi connectivity index (χ2n) is 4.86. The van der Waals surface area contributed by atoms with Crippen molar-refractivity contribution in [3.63, 3.8) is 0 Å². The second-order valence-corrected chi connectivity index (χ2v) is 4.86. The third-order valence-corrected chi connectivity index (χ3v) is 3.50. The van der Waals surface area contributed by atoms with Crippen molar-refractivity contribution in [3.8, 4) is 5.75 Å². The maximum Gasteiger partial charge on any atom is 0.119 e. The summed E-state index contributed by atoms with van der Waals surface area (Å²) in [5.74, 6) is 1.38. The average Bonchev–Trinajstić information content (AvgIpc) is 2.45. The van der Waals surface area contributed by atoms with E-state index in [1.807, 2.05) is 30.3 Å². The molecule has 0 heterocycles. The first-order valence-corrected chi connectivity index (χ1v) is 6.79. The lowest BCUT2D eigenvalue weighted by atomic mass is 9.88. The molecular formula is C15H22O3. The molecule has 1 aromatic rings. The van der Waals surface area contributed by atoms with Crippen LogP contribution in [0.25, 0.3) is 0 Å². The first kappa shape index (κ1) is 13.4. The first-order chi connectivity index (χ1) is 8.88. The van der Waals surface area contributed by atoms with Crippen molar-refractivity contribution in [2.45, 2.75) is 31.8 Å². The highest BCUT2D eigenvalue weighted by atomic mass is 16.5. The van der Waals surface area contributed by atoms with Crippen LogP contribution in [0.1, 0.15) is 25.7 Å². The molecule has 0 spiro atoms. The van der Waals surface area contributed by atoms with Gasteiger partial charge in [-0.15, -0.1) is 0 Å². The van der Waals surface area contributed by atoms with Gasteiger partial charge >= 0.3 is 0 Å². The van der Waals surface area contributed by atoms with Crippen molar-refractivity contribution in [1.29, 1.82) is 0 Å². The number of hydrogen-bond donors (Lipinski definition) is 1. The van der Waals surface area contributed by atoms with Crippen molar-refractivity contribution in [2.75, 3.05) is 19.8 Å². The van der Waals surface area contributed by atoms with Gasteiger partial charge in [-0.3, -0.25) is 0 Å². The molecule has 0 atom stereocenters. The molecule has 0 aromatic heterocycles. The Bertz CT molecular complexity index is 318. The highest BCUT2D eigenvalue weighted by Gasteiger charge is 2.20. The van der Waals surface area contributed by atoms with Crippen LogP contribution in [0.4, 0.5) is 0 Å². The van der Waals surface area contributed by atoms with Gasteiger partial charge in [0.25, 0.3) is 0 Å². The van der Waals surface area contributed by atoms with E-state index >= 15 is 0 Å². The molecule has 0 amide bonds. The third-order valence-electron chi connectivity index (χ3n) is 3.50. The first-order valence-electron chi connectivity index (χ1n) is 6.79. The Morgan fingerprint density at radius 3 is 2.39 bits per heavy atom. The number of aliphatic hydroxyl groups is 1. The average molecular weight is 250 g/mol. The summed E-state index contributed by atoms with van der Waals surface area (Å²) < 4.78 is 11.4. The Balaban J connectivity index is 1.56. The quantitative estimate of drug-likeness (QED) is 0.789. The normalized spacial score (nSPS) is 23.8. The summed E-state index contributed by atoms with van der Waals surface area (Å²) in [4.78, 5) is 0. The molecule has 3 heteroatoms. The predicted molar refractivity (Wildman–Crippen MR) is 70.7 cm³/mol. The fourth-order valence-electron chi connectivity index (χ4n) is 2.37. The van der Waals surface area contributed by atoms with Gasteiger partial charge in [-0.05, 0) is 43.7 Å². The van der Waals surface area contributed by atoms with Gasteiger partial charge in [-0.1, -0.05) is 18.2 Å².